The minimum Gasteiger partial charge on any atom is -0.382 e. The van der Waals surface area contributed by atoms with Crippen LogP contribution in [-0.2, 0) is 0 Å². The minimum atomic E-state index is -0.873. The number of nitrogens with zero attached hydrogens (tertiary/aromatic N) is 1. The van der Waals surface area contributed by atoms with E-state index in [1.54, 1.807) is 36.5 Å². The van der Waals surface area contributed by atoms with Crippen molar-refractivity contribution in [3.63, 3.8) is 0 Å². The first-order valence-corrected chi connectivity index (χ1v) is 4.62. The molecule has 15 heavy (non-hydrogen) atoms. The summed E-state index contributed by atoms with van der Waals surface area (Å²) in [7, 11) is 0. The molecule has 1 heterocycles. The van der Waals surface area contributed by atoms with Gasteiger partial charge in [0.15, 0.2) is 0 Å². The highest BCUT2D eigenvalue weighted by molar-refractivity contribution is 5.25. The molecule has 2 rings (SSSR count). The molecule has 0 spiro atoms. The number of pyridine rings is 1. The van der Waals surface area contributed by atoms with E-state index in [0.29, 0.717) is 11.3 Å². The van der Waals surface area contributed by atoms with Gasteiger partial charge in [-0.1, -0.05) is 18.2 Å². The number of benzene rings is 1. The number of aliphatic hydroxyl groups excluding tert-OH is 1. The van der Waals surface area contributed by atoms with Crippen LogP contribution >= 0.6 is 0 Å². The van der Waals surface area contributed by atoms with Crippen molar-refractivity contribution in [2.24, 2.45) is 0 Å². The molecular weight excluding hydrogens is 193 g/mol. The highest BCUT2D eigenvalue weighted by Gasteiger charge is 2.11. The summed E-state index contributed by atoms with van der Waals surface area (Å²) in [6.07, 6.45) is 0.722. The van der Waals surface area contributed by atoms with Crippen LogP contribution in [0.1, 0.15) is 17.4 Å². The summed E-state index contributed by atoms with van der Waals surface area (Å²) in [6, 6.07) is 11.1. The molecule has 2 nitrogen and oxygen atoms in total. The van der Waals surface area contributed by atoms with Gasteiger partial charge in [-0.25, -0.2) is 4.39 Å². The molecule has 3 heteroatoms. The van der Waals surface area contributed by atoms with Gasteiger partial charge in [0.05, 0.1) is 5.69 Å². The van der Waals surface area contributed by atoms with E-state index in [2.05, 4.69) is 4.98 Å². The first-order chi connectivity index (χ1) is 7.27. The molecule has 0 bridgehead atoms. The first kappa shape index (κ1) is 9.80. The Kier molecular flexibility index (Phi) is 2.74. The minimum absolute atomic E-state index is 0.359. The van der Waals surface area contributed by atoms with Gasteiger partial charge in [-0.15, -0.1) is 0 Å². The highest BCUT2D eigenvalue weighted by atomic mass is 19.1. The molecular formula is C12H10FNO. The number of hydrogen-bond donors (Lipinski definition) is 1. The maximum absolute atomic E-state index is 12.9. The summed E-state index contributed by atoms with van der Waals surface area (Å²) in [4.78, 5) is 4.01. The maximum atomic E-state index is 12.9. The van der Waals surface area contributed by atoms with Crippen LogP contribution in [0, 0.1) is 5.82 Å². The summed E-state index contributed by atoms with van der Waals surface area (Å²) in [5.74, 6) is -0.359. The Labute approximate surface area is 87.0 Å². The number of rotatable bonds is 2. The lowest BCUT2D eigenvalue weighted by Gasteiger charge is -2.09. The zero-order chi connectivity index (χ0) is 10.7. The van der Waals surface area contributed by atoms with E-state index < -0.39 is 6.10 Å². The fourth-order valence-electron chi connectivity index (χ4n) is 1.39. The third-order valence-corrected chi connectivity index (χ3v) is 2.13. The fourth-order valence-corrected chi connectivity index (χ4v) is 1.39. The van der Waals surface area contributed by atoms with Crippen LogP contribution in [0.25, 0.3) is 0 Å². The van der Waals surface area contributed by atoms with E-state index in [4.69, 9.17) is 0 Å². The zero-order valence-corrected chi connectivity index (χ0v) is 7.97. The van der Waals surface area contributed by atoms with Crippen LogP contribution in [-0.4, -0.2) is 10.1 Å². The molecule has 0 saturated carbocycles. The van der Waals surface area contributed by atoms with E-state index in [1.807, 2.05) is 0 Å². The van der Waals surface area contributed by atoms with E-state index in [0.717, 1.165) is 0 Å². The molecule has 1 atom stereocenters. The average molecular weight is 203 g/mol. The molecule has 0 aliphatic rings. The normalized spacial score (nSPS) is 12.4. The van der Waals surface area contributed by atoms with Crippen molar-refractivity contribution in [2.75, 3.05) is 0 Å². The van der Waals surface area contributed by atoms with Crippen molar-refractivity contribution in [1.29, 1.82) is 0 Å². The summed E-state index contributed by atoms with van der Waals surface area (Å²) < 4.78 is 12.9. The topological polar surface area (TPSA) is 33.1 Å². The number of aromatic nitrogens is 1. The van der Waals surface area contributed by atoms with E-state index in [1.165, 1.54) is 12.1 Å². The van der Waals surface area contributed by atoms with E-state index in [9.17, 15) is 9.50 Å². The van der Waals surface area contributed by atoms with Crippen LogP contribution in [0.2, 0.25) is 0 Å². The van der Waals surface area contributed by atoms with E-state index in [-0.39, 0.29) is 5.82 Å². The monoisotopic (exact) mass is 203 g/mol. The lowest BCUT2D eigenvalue weighted by atomic mass is 10.1. The molecule has 1 unspecified atom stereocenters. The Bertz CT molecular complexity index is 444. The van der Waals surface area contributed by atoms with Crippen molar-refractivity contribution in [3.05, 3.63) is 65.7 Å². The maximum Gasteiger partial charge on any atom is 0.123 e. The average Bonchev–Trinajstić information content (AvgIpc) is 2.29. The molecule has 1 aromatic carbocycles. The molecule has 2 aromatic rings. The van der Waals surface area contributed by atoms with Gasteiger partial charge in [0, 0.05) is 6.20 Å². The van der Waals surface area contributed by atoms with E-state index >= 15 is 0 Å². The van der Waals surface area contributed by atoms with Gasteiger partial charge in [-0.3, -0.25) is 4.98 Å². The Balaban J connectivity index is 2.32. The standard InChI is InChI=1S/C12H10FNO/c13-10-5-3-4-9(8-10)12(15)11-6-1-2-7-14-11/h1-8,12,15H. The predicted molar refractivity (Wildman–Crippen MR) is 54.7 cm³/mol. The lowest BCUT2D eigenvalue weighted by Crippen LogP contribution is -2.01. The molecule has 0 aliphatic heterocycles. The smallest absolute Gasteiger partial charge is 0.123 e. The first-order valence-electron chi connectivity index (χ1n) is 4.62. The summed E-state index contributed by atoms with van der Waals surface area (Å²) in [5.41, 5.74) is 1.02. The molecule has 1 aromatic heterocycles. The van der Waals surface area contributed by atoms with Gasteiger partial charge in [-0.05, 0) is 29.8 Å². The predicted octanol–water partition coefficient (Wildman–Crippen LogP) is 2.30. The molecule has 0 fully saturated rings. The SMILES string of the molecule is OC(c1cccc(F)c1)c1ccccn1. The Morgan fingerprint density at radius 2 is 2.00 bits per heavy atom. The summed E-state index contributed by atoms with van der Waals surface area (Å²) in [5, 5.41) is 9.89. The molecule has 0 saturated heterocycles. The molecule has 1 N–H and O–H groups in total. The van der Waals surface area contributed by atoms with Crippen LogP contribution in [0.4, 0.5) is 4.39 Å². The van der Waals surface area contributed by atoms with Crippen molar-refractivity contribution < 1.29 is 9.50 Å². The molecule has 76 valence electrons. The number of hydrogen-bond acceptors (Lipinski definition) is 2. The van der Waals surface area contributed by atoms with Gasteiger partial charge in [0.1, 0.15) is 11.9 Å². The summed E-state index contributed by atoms with van der Waals surface area (Å²) in [6.45, 7) is 0. The third-order valence-electron chi connectivity index (χ3n) is 2.13. The Morgan fingerprint density at radius 3 is 2.67 bits per heavy atom. The van der Waals surface area contributed by atoms with Gasteiger partial charge in [0.2, 0.25) is 0 Å². The second-order valence-corrected chi connectivity index (χ2v) is 3.21. The second kappa shape index (κ2) is 4.19. The number of halogens is 1. The van der Waals surface area contributed by atoms with Crippen LogP contribution in [0.5, 0.6) is 0 Å². The van der Waals surface area contributed by atoms with Gasteiger partial charge in [0.25, 0.3) is 0 Å². The molecule has 0 amide bonds. The van der Waals surface area contributed by atoms with Crippen molar-refractivity contribution in [2.45, 2.75) is 6.10 Å². The third kappa shape index (κ3) is 2.19. The Morgan fingerprint density at radius 1 is 1.13 bits per heavy atom. The molecule has 0 aliphatic carbocycles. The van der Waals surface area contributed by atoms with Crippen molar-refractivity contribution >= 4 is 0 Å². The van der Waals surface area contributed by atoms with Gasteiger partial charge < -0.3 is 5.11 Å². The van der Waals surface area contributed by atoms with Gasteiger partial charge in [-0.2, -0.15) is 0 Å². The second-order valence-electron chi connectivity index (χ2n) is 3.21. The summed E-state index contributed by atoms with van der Waals surface area (Å²) >= 11 is 0. The molecule has 0 radical (unpaired) electrons. The van der Waals surface area contributed by atoms with Crippen LogP contribution < -0.4 is 0 Å². The van der Waals surface area contributed by atoms with Crippen molar-refractivity contribution in [3.8, 4) is 0 Å². The van der Waals surface area contributed by atoms with Crippen molar-refractivity contribution in [1.82, 2.24) is 4.98 Å². The largest absolute Gasteiger partial charge is 0.382 e. The quantitative estimate of drug-likeness (QED) is 0.812. The van der Waals surface area contributed by atoms with Gasteiger partial charge >= 0.3 is 0 Å². The zero-order valence-electron chi connectivity index (χ0n) is 7.97. The lowest BCUT2D eigenvalue weighted by molar-refractivity contribution is 0.215. The van der Waals surface area contributed by atoms with Crippen LogP contribution in [0.15, 0.2) is 48.7 Å². The van der Waals surface area contributed by atoms with Crippen LogP contribution in [0.3, 0.4) is 0 Å². The number of aliphatic hydroxyl groups is 1. The fraction of sp³-hybridized carbons (Fsp3) is 0.0833. The highest BCUT2D eigenvalue weighted by Crippen LogP contribution is 2.19. The Hall–Kier alpha value is -1.74.